The highest BCUT2D eigenvalue weighted by Gasteiger charge is 2.40. The van der Waals surface area contributed by atoms with Gasteiger partial charge >= 0.3 is 0 Å². The monoisotopic (exact) mass is 521 g/mol. The minimum absolute atomic E-state index is 0.147. The molecule has 4 atom stereocenters. The number of anilines is 1. The Hall–Kier alpha value is -2.09. The highest BCUT2D eigenvalue weighted by molar-refractivity contribution is 7.90. The van der Waals surface area contributed by atoms with Crippen molar-refractivity contribution in [1.82, 2.24) is 9.96 Å². The van der Waals surface area contributed by atoms with E-state index in [-0.39, 0.29) is 18.0 Å². The van der Waals surface area contributed by atoms with Crippen molar-refractivity contribution < 1.29 is 33.7 Å². The zero-order valence-corrected chi connectivity index (χ0v) is 21.1. The standard InChI is InChI=1S/C25H35N3O7S/c1-36(33,34)21-10-19(14-28-7-2-8-35-28)9-20(11-21)26-12-17-3-5-18(6-4-17)13-27-15-23(30)25(32)24(31)22(27)16-29/h3-6,9-11,22-26,29-32H,2,7-8,12-16H2,1H3/t22-,23+,24-,25-/m1/s1. The summed E-state index contributed by atoms with van der Waals surface area (Å²) in [5.74, 6) is 0. The molecule has 0 bridgehead atoms. The fraction of sp³-hybridized carbons (Fsp3) is 0.520. The molecule has 4 rings (SSSR count). The van der Waals surface area contributed by atoms with E-state index in [0.29, 0.717) is 31.9 Å². The third kappa shape index (κ3) is 6.61. The number of hydrogen-bond donors (Lipinski definition) is 5. The Morgan fingerprint density at radius 1 is 1.00 bits per heavy atom. The van der Waals surface area contributed by atoms with Crippen molar-refractivity contribution >= 4 is 15.5 Å². The zero-order valence-electron chi connectivity index (χ0n) is 20.3. The minimum atomic E-state index is -3.38. The van der Waals surface area contributed by atoms with E-state index < -0.39 is 34.2 Å². The number of benzene rings is 2. The number of hydrogen-bond acceptors (Lipinski definition) is 10. The third-order valence-corrected chi connectivity index (χ3v) is 7.79. The molecule has 0 aliphatic carbocycles. The third-order valence-electron chi connectivity index (χ3n) is 6.70. The predicted octanol–water partition coefficient (Wildman–Crippen LogP) is 0.0987. The normalized spacial score (nSPS) is 25.8. The fourth-order valence-corrected chi connectivity index (χ4v) is 5.36. The van der Waals surface area contributed by atoms with Gasteiger partial charge in [-0.15, -0.1) is 0 Å². The van der Waals surface area contributed by atoms with Crippen LogP contribution in [-0.4, -0.2) is 95.7 Å². The number of β-amino-alcohol motifs (C(OH)–C–C–N with tert-alkyl or cyclic N) is 1. The van der Waals surface area contributed by atoms with E-state index in [4.69, 9.17) is 4.84 Å². The van der Waals surface area contributed by atoms with E-state index in [1.54, 1.807) is 17.0 Å². The summed E-state index contributed by atoms with van der Waals surface area (Å²) in [5, 5.41) is 44.9. The van der Waals surface area contributed by atoms with E-state index in [9.17, 15) is 28.8 Å². The molecule has 11 heteroatoms. The number of piperidine rings is 1. The number of sulfone groups is 1. The number of nitrogens with zero attached hydrogens (tertiary/aromatic N) is 2. The first-order valence-electron chi connectivity index (χ1n) is 12.1. The van der Waals surface area contributed by atoms with Crippen LogP contribution in [0.5, 0.6) is 0 Å². The van der Waals surface area contributed by atoms with Crippen molar-refractivity contribution in [2.45, 2.75) is 55.3 Å². The average molecular weight is 522 g/mol. The molecule has 2 aliphatic rings. The predicted molar refractivity (Wildman–Crippen MR) is 134 cm³/mol. The van der Waals surface area contributed by atoms with Crippen LogP contribution in [0.15, 0.2) is 47.4 Å². The second-order valence-corrected chi connectivity index (χ2v) is 11.6. The molecule has 0 saturated carbocycles. The van der Waals surface area contributed by atoms with Gasteiger partial charge in [-0.05, 0) is 41.3 Å². The van der Waals surface area contributed by atoms with E-state index >= 15 is 0 Å². The molecule has 36 heavy (non-hydrogen) atoms. The molecular formula is C25H35N3O7S. The van der Waals surface area contributed by atoms with Gasteiger partial charge in [-0.25, -0.2) is 8.42 Å². The Morgan fingerprint density at radius 3 is 2.36 bits per heavy atom. The summed E-state index contributed by atoms with van der Waals surface area (Å²) in [7, 11) is -3.38. The quantitative estimate of drug-likeness (QED) is 0.308. The molecule has 0 unspecified atom stereocenters. The lowest BCUT2D eigenvalue weighted by atomic mass is 9.93. The maximum Gasteiger partial charge on any atom is 0.175 e. The Labute approximate surface area is 211 Å². The molecule has 5 N–H and O–H groups in total. The van der Waals surface area contributed by atoms with Crippen molar-refractivity contribution in [3.05, 3.63) is 59.2 Å². The summed E-state index contributed by atoms with van der Waals surface area (Å²) < 4.78 is 24.4. The van der Waals surface area contributed by atoms with Crippen LogP contribution in [0.1, 0.15) is 23.1 Å². The number of likely N-dealkylation sites (tertiary alicyclic amines) is 1. The topological polar surface area (TPSA) is 143 Å². The Bertz CT molecular complexity index is 1120. The molecule has 0 spiro atoms. The molecule has 0 aromatic heterocycles. The van der Waals surface area contributed by atoms with Crippen LogP contribution in [0, 0.1) is 0 Å². The summed E-state index contributed by atoms with van der Waals surface area (Å²) in [4.78, 5) is 7.57. The van der Waals surface area contributed by atoms with Crippen LogP contribution in [0.4, 0.5) is 5.69 Å². The first-order valence-corrected chi connectivity index (χ1v) is 14.0. The van der Waals surface area contributed by atoms with Crippen LogP contribution in [0.3, 0.4) is 0 Å². The highest BCUT2D eigenvalue weighted by atomic mass is 32.2. The van der Waals surface area contributed by atoms with Crippen molar-refractivity contribution in [3.63, 3.8) is 0 Å². The average Bonchev–Trinajstić information content (AvgIpc) is 3.35. The molecule has 10 nitrogen and oxygen atoms in total. The van der Waals surface area contributed by atoms with Gasteiger partial charge in [0.05, 0.1) is 30.3 Å². The first-order chi connectivity index (χ1) is 17.1. The molecular weight excluding hydrogens is 486 g/mol. The summed E-state index contributed by atoms with van der Waals surface area (Å²) in [6.45, 7) is 2.71. The smallest absolute Gasteiger partial charge is 0.175 e. The lowest BCUT2D eigenvalue weighted by Gasteiger charge is -2.43. The molecule has 2 saturated heterocycles. The van der Waals surface area contributed by atoms with Crippen LogP contribution in [0.2, 0.25) is 0 Å². The van der Waals surface area contributed by atoms with Crippen molar-refractivity contribution in [1.29, 1.82) is 0 Å². The summed E-state index contributed by atoms with van der Waals surface area (Å²) >= 11 is 0. The van der Waals surface area contributed by atoms with Crippen LogP contribution in [0.25, 0.3) is 0 Å². The van der Waals surface area contributed by atoms with Crippen LogP contribution < -0.4 is 5.32 Å². The molecule has 2 aromatic rings. The fourth-order valence-electron chi connectivity index (χ4n) is 4.66. The van der Waals surface area contributed by atoms with Crippen molar-refractivity contribution in [2.24, 2.45) is 0 Å². The number of aliphatic hydroxyl groups excluding tert-OH is 4. The maximum atomic E-state index is 12.2. The Kier molecular flexibility index (Phi) is 8.63. The van der Waals surface area contributed by atoms with E-state index in [1.807, 2.05) is 35.4 Å². The van der Waals surface area contributed by atoms with E-state index in [1.165, 1.54) is 6.26 Å². The first kappa shape index (κ1) is 27.0. The van der Waals surface area contributed by atoms with E-state index in [0.717, 1.165) is 29.7 Å². The van der Waals surface area contributed by atoms with Gasteiger partial charge in [0, 0.05) is 44.7 Å². The molecule has 2 heterocycles. The van der Waals surface area contributed by atoms with E-state index in [2.05, 4.69) is 5.32 Å². The molecule has 0 radical (unpaired) electrons. The van der Waals surface area contributed by atoms with Crippen molar-refractivity contribution in [3.8, 4) is 0 Å². The number of rotatable bonds is 9. The maximum absolute atomic E-state index is 12.2. The second kappa shape index (κ2) is 11.5. The Balaban J connectivity index is 1.41. The van der Waals surface area contributed by atoms with Gasteiger partial charge in [0.25, 0.3) is 0 Å². The zero-order chi connectivity index (χ0) is 25.9. The van der Waals surface area contributed by atoms with Gasteiger partial charge in [-0.2, -0.15) is 5.06 Å². The van der Waals surface area contributed by atoms with Crippen molar-refractivity contribution in [2.75, 3.05) is 37.9 Å². The SMILES string of the molecule is CS(=O)(=O)c1cc(CN2CCCO2)cc(NCc2ccc(CN3C[C@H](O)[C@@H](O)[C@H](O)[C@H]3CO)cc2)c1. The molecule has 198 valence electrons. The van der Waals surface area contributed by atoms with Crippen LogP contribution in [-0.2, 0) is 34.3 Å². The highest BCUT2D eigenvalue weighted by Crippen LogP contribution is 2.24. The van der Waals surface area contributed by atoms with Gasteiger partial charge in [-0.3, -0.25) is 9.74 Å². The van der Waals surface area contributed by atoms with Gasteiger partial charge < -0.3 is 25.7 Å². The van der Waals surface area contributed by atoms with Gasteiger partial charge in [0.2, 0.25) is 0 Å². The Morgan fingerprint density at radius 2 is 1.72 bits per heavy atom. The summed E-state index contributed by atoms with van der Waals surface area (Å²) in [5.41, 5.74) is 3.48. The van der Waals surface area contributed by atoms with Gasteiger partial charge in [0.1, 0.15) is 12.2 Å². The second-order valence-electron chi connectivity index (χ2n) is 9.59. The number of hydroxylamine groups is 2. The lowest BCUT2D eigenvalue weighted by molar-refractivity contribution is -0.147. The molecule has 2 aliphatic heterocycles. The lowest BCUT2D eigenvalue weighted by Crippen LogP contribution is -2.62. The van der Waals surface area contributed by atoms with Crippen LogP contribution >= 0.6 is 0 Å². The minimum Gasteiger partial charge on any atom is -0.395 e. The largest absolute Gasteiger partial charge is 0.395 e. The molecule has 0 amide bonds. The number of nitrogens with one attached hydrogen (secondary N) is 1. The van der Waals surface area contributed by atoms with Gasteiger partial charge in [0.15, 0.2) is 9.84 Å². The van der Waals surface area contributed by atoms with Gasteiger partial charge in [-0.1, -0.05) is 24.3 Å². The molecule has 2 aromatic carbocycles. The molecule has 2 fully saturated rings. The summed E-state index contributed by atoms with van der Waals surface area (Å²) in [6, 6.07) is 12.3. The summed E-state index contributed by atoms with van der Waals surface area (Å²) in [6.07, 6.45) is -1.45. The number of aliphatic hydroxyl groups is 4.